The molecule has 26 heavy (non-hydrogen) atoms. The molecule has 0 aromatic carbocycles. The minimum absolute atomic E-state index is 7.47. The maximum atomic E-state index is 13.0. The fourth-order valence-corrected chi connectivity index (χ4v) is 2.15. The van der Waals surface area contributed by atoms with Crippen LogP contribution in [-0.2, 0) is 9.13 Å². The Bertz CT molecular complexity index is 593. The first-order valence-electron chi connectivity index (χ1n) is 5.13. The Morgan fingerprint density at radius 3 is 0.692 bits per heavy atom. The third kappa shape index (κ3) is 3.03. The quantitative estimate of drug-likeness (QED) is 0.342. The van der Waals surface area contributed by atoms with E-state index in [9.17, 15) is 61.8 Å². The zero-order chi connectivity index (χ0) is 22.0. The van der Waals surface area contributed by atoms with Gasteiger partial charge in [-0.2, -0.15) is 52.7 Å². The van der Waals surface area contributed by atoms with E-state index in [4.69, 9.17) is 19.6 Å². The molecule has 0 aromatic heterocycles. The Morgan fingerprint density at radius 2 is 0.577 bits per heavy atom. The lowest BCUT2D eigenvalue weighted by Gasteiger charge is -2.41. The summed E-state index contributed by atoms with van der Waals surface area (Å²) in [6, 6.07) is 0. The Hall–Kier alpha value is -0.540. The monoisotopic (exact) mass is 462 g/mol. The molecule has 0 aliphatic heterocycles. The van der Waals surface area contributed by atoms with Gasteiger partial charge in [0, 0.05) is 0 Å². The first kappa shape index (κ1) is 25.5. The Labute approximate surface area is 133 Å². The van der Waals surface area contributed by atoms with Gasteiger partial charge in [-0.1, -0.05) is 0 Å². The first-order chi connectivity index (χ1) is 10.8. The van der Waals surface area contributed by atoms with E-state index >= 15 is 0 Å². The molecule has 0 aliphatic carbocycles. The number of rotatable bonds is 7. The number of hydrogen-bond donors (Lipinski definition) is 4. The smallest absolute Gasteiger partial charge is 0.320 e. The summed E-state index contributed by atoms with van der Waals surface area (Å²) in [6.07, 6.45) is 0. The van der Waals surface area contributed by atoms with Crippen LogP contribution in [0.4, 0.5) is 52.7 Å². The maximum absolute atomic E-state index is 13.0. The van der Waals surface area contributed by atoms with E-state index in [2.05, 4.69) is 0 Å². The standard InChI is InChI=1S/C6H4F12O6P2/c7-1(8,3(11,12)5(15,16)25(19,20)21)2(9,10)4(13,14)6(17,18)26(22,23)24/h(H2,19,20,21)(H2,22,23,24). The van der Waals surface area contributed by atoms with Crippen LogP contribution in [0.15, 0.2) is 0 Å². The van der Waals surface area contributed by atoms with Crippen LogP contribution in [0.3, 0.4) is 0 Å². The molecule has 0 atom stereocenters. The minimum Gasteiger partial charge on any atom is -0.320 e. The van der Waals surface area contributed by atoms with Gasteiger partial charge in [0.25, 0.3) is 0 Å². The molecule has 0 heterocycles. The molecule has 4 N–H and O–H groups in total. The van der Waals surface area contributed by atoms with Crippen molar-refractivity contribution in [3.63, 3.8) is 0 Å². The van der Waals surface area contributed by atoms with E-state index in [1.165, 1.54) is 0 Å². The second-order valence-corrected chi connectivity index (χ2v) is 7.77. The molecule has 0 amide bonds. The van der Waals surface area contributed by atoms with Gasteiger partial charge in [0.15, 0.2) is 0 Å². The van der Waals surface area contributed by atoms with Crippen LogP contribution < -0.4 is 0 Å². The van der Waals surface area contributed by atoms with Crippen molar-refractivity contribution in [2.75, 3.05) is 0 Å². The fourth-order valence-electron chi connectivity index (χ4n) is 1.14. The van der Waals surface area contributed by atoms with Crippen LogP contribution in [0.25, 0.3) is 0 Å². The lowest BCUT2D eigenvalue weighted by molar-refractivity contribution is -0.409. The molecule has 0 saturated heterocycles. The van der Waals surface area contributed by atoms with Gasteiger partial charge < -0.3 is 19.6 Å². The van der Waals surface area contributed by atoms with Gasteiger partial charge in [-0.25, -0.2) is 0 Å². The van der Waals surface area contributed by atoms with Crippen LogP contribution in [-0.4, -0.2) is 54.6 Å². The van der Waals surface area contributed by atoms with E-state index in [1.807, 2.05) is 0 Å². The molecule has 6 nitrogen and oxygen atoms in total. The highest BCUT2D eigenvalue weighted by Crippen LogP contribution is 2.70. The molecule has 0 aromatic rings. The van der Waals surface area contributed by atoms with E-state index in [0.29, 0.717) is 0 Å². The third-order valence-corrected chi connectivity index (χ3v) is 4.70. The largest absolute Gasteiger partial charge is 0.413 e. The highest BCUT2D eigenvalue weighted by atomic mass is 31.2. The molecule has 158 valence electrons. The molecule has 0 fully saturated rings. The van der Waals surface area contributed by atoms with E-state index in [0.717, 1.165) is 0 Å². The van der Waals surface area contributed by atoms with E-state index in [1.54, 1.807) is 0 Å². The highest BCUT2D eigenvalue weighted by Gasteiger charge is 2.94. The summed E-state index contributed by atoms with van der Waals surface area (Å²) in [7, 11) is -15.5. The molecular weight excluding hydrogens is 458 g/mol. The highest BCUT2D eigenvalue weighted by molar-refractivity contribution is 7.53. The second-order valence-electron chi connectivity index (χ2n) is 4.47. The predicted molar refractivity (Wildman–Crippen MR) is 53.8 cm³/mol. The summed E-state index contributed by atoms with van der Waals surface area (Å²) < 4.78 is 175. The molecule has 0 spiro atoms. The van der Waals surface area contributed by atoms with Crippen molar-refractivity contribution in [1.29, 1.82) is 0 Å². The molecule has 0 aliphatic rings. The van der Waals surface area contributed by atoms with Gasteiger partial charge in [0.1, 0.15) is 0 Å². The van der Waals surface area contributed by atoms with Crippen LogP contribution in [0.5, 0.6) is 0 Å². The van der Waals surface area contributed by atoms with Crippen molar-refractivity contribution in [3.8, 4) is 0 Å². The second kappa shape index (κ2) is 5.98. The van der Waals surface area contributed by atoms with Crippen LogP contribution in [0, 0.1) is 0 Å². The molecular formula is C6H4F12O6P2. The Balaban J connectivity index is 6.71. The average molecular weight is 462 g/mol. The van der Waals surface area contributed by atoms with Crippen LogP contribution in [0.1, 0.15) is 0 Å². The molecule has 0 saturated carbocycles. The van der Waals surface area contributed by atoms with Crippen molar-refractivity contribution in [1.82, 2.24) is 0 Å². The van der Waals surface area contributed by atoms with Gasteiger partial charge >= 0.3 is 50.2 Å². The summed E-state index contributed by atoms with van der Waals surface area (Å²) in [5.41, 5.74) is -14.9. The molecule has 20 heteroatoms. The average Bonchev–Trinajstić information content (AvgIpc) is 2.34. The number of alkyl halides is 12. The lowest BCUT2D eigenvalue weighted by atomic mass is 9.98. The van der Waals surface area contributed by atoms with Gasteiger partial charge in [0.05, 0.1) is 0 Å². The Morgan fingerprint density at radius 1 is 0.423 bits per heavy atom. The summed E-state index contributed by atoms with van der Waals surface area (Å²) in [4.78, 5) is 31.4. The first-order valence-corrected chi connectivity index (χ1v) is 8.35. The van der Waals surface area contributed by atoms with Crippen molar-refractivity contribution < 1.29 is 81.4 Å². The van der Waals surface area contributed by atoms with Gasteiger partial charge in [-0.05, 0) is 0 Å². The van der Waals surface area contributed by atoms with Crippen LogP contribution >= 0.6 is 15.2 Å². The fraction of sp³-hybridized carbons (Fsp3) is 1.00. The zero-order valence-corrected chi connectivity index (χ0v) is 12.8. The Kier molecular flexibility index (Phi) is 5.85. The van der Waals surface area contributed by atoms with Crippen molar-refractivity contribution >= 4 is 15.2 Å². The summed E-state index contributed by atoms with van der Waals surface area (Å²) in [5.74, 6) is -32.9. The topological polar surface area (TPSA) is 115 Å². The summed E-state index contributed by atoms with van der Waals surface area (Å²) in [5, 5.41) is 0. The van der Waals surface area contributed by atoms with Gasteiger partial charge in [0.2, 0.25) is 0 Å². The molecule has 0 radical (unpaired) electrons. The number of halogens is 12. The van der Waals surface area contributed by atoms with Crippen molar-refractivity contribution in [2.24, 2.45) is 0 Å². The van der Waals surface area contributed by atoms with E-state index in [-0.39, 0.29) is 0 Å². The number of hydrogen-bond acceptors (Lipinski definition) is 2. The van der Waals surface area contributed by atoms with E-state index < -0.39 is 50.2 Å². The van der Waals surface area contributed by atoms with Crippen LogP contribution in [0.2, 0.25) is 0 Å². The predicted octanol–water partition coefficient (Wildman–Crippen LogP) is 3.07. The zero-order valence-electron chi connectivity index (χ0n) is 11.0. The summed E-state index contributed by atoms with van der Waals surface area (Å²) >= 11 is 0. The molecule has 0 unspecified atom stereocenters. The lowest BCUT2D eigenvalue weighted by Crippen LogP contribution is -2.70. The third-order valence-electron chi connectivity index (χ3n) is 2.67. The SMILES string of the molecule is O=P(O)(O)C(F)(F)C(F)(F)C(F)(F)C(F)(F)C(F)(F)C(F)(F)P(=O)(O)O. The normalized spacial score (nSPS) is 16.8. The van der Waals surface area contributed by atoms with Crippen molar-refractivity contribution in [2.45, 2.75) is 35.0 Å². The molecule has 0 rings (SSSR count). The van der Waals surface area contributed by atoms with Gasteiger partial charge in [-0.3, -0.25) is 9.13 Å². The molecule has 0 bridgehead atoms. The summed E-state index contributed by atoms with van der Waals surface area (Å²) in [6.45, 7) is 0. The maximum Gasteiger partial charge on any atom is 0.413 e. The van der Waals surface area contributed by atoms with Gasteiger partial charge in [-0.15, -0.1) is 0 Å². The minimum atomic E-state index is -8.34. The van der Waals surface area contributed by atoms with Crippen molar-refractivity contribution in [3.05, 3.63) is 0 Å².